The van der Waals surface area contributed by atoms with Gasteiger partial charge in [-0.05, 0) is 63.6 Å². The molecular formula is C20H28ClN5O2. The van der Waals surface area contributed by atoms with Gasteiger partial charge in [0.1, 0.15) is 0 Å². The number of anilines is 1. The number of nitrogens with one attached hydrogen (secondary N) is 2. The first-order valence-corrected chi connectivity index (χ1v) is 9.59. The van der Waals surface area contributed by atoms with Crippen LogP contribution in [0.3, 0.4) is 0 Å². The number of amides is 2. The van der Waals surface area contributed by atoms with E-state index < -0.39 is 0 Å². The molecule has 0 radical (unpaired) electrons. The molecule has 0 bridgehead atoms. The Bertz CT molecular complexity index is 780. The molecule has 1 atom stereocenters. The van der Waals surface area contributed by atoms with Crippen LogP contribution >= 0.6 is 12.4 Å². The minimum atomic E-state index is -0.250. The number of hydrogen-bond donors (Lipinski definition) is 2. The van der Waals surface area contributed by atoms with Crippen LogP contribution in [0.2, 0.25) is 0 Å². The SMILES string of the molecule is CCN(CC)C(=O)c1ccc(NC(=O)c2ccn(C3CCCNC3)n2)cc1.Cl. The summed E-state index contributed by atoms with van der Waals surface area (Å²) in [6.07, 6.45) is 4.04. The predicted octanol–water partition coefficient (Wildman–Crippen LogP) is 2.96. The van der Waals surface area contributed by atoms with Crippen molar-refractivity contribution in [3.63, 3.8) is 0 Å². The first-order chi connectivity index (χ1) is 13.1. The van der Waals surface area contributed by atoms with Crippen LogP contribution in [0, 0.1) is 0 Å². The number of benzene rings is 1. The Kier molecular flexibility index (Phi) is 8.02. The van der Waals surface area contributed by atoms with Crippen LogP contribution in [-0.2, 0) is 0 Å². The van der Waals surface area contributed by atoms with Gasteiger partial charge in [-0.25, -0.2) is 0 Å². The van der Waals surface area contributed by atoms with Crippen molar-refractivity contribution in [2.24, 2.45) is 0 Å². The lowest BCUT2D eigenvalue weighted by Crippen LogP contribution is -2.32. The summed E-state index contributed by atoms with van der Waals surface area (Å²) < 4.78 is 1.87. The fraction of sp³-hybridized carbons (Fsp3) is 0.450. The van der Waals surface area contributed by atoms with Gasteiger partial charge in [-0.3, -0.25) is 14.3 Å². The molecule has 0 saturated carbocycles. The summed E-state index contributed by atoms with van der Waals surface area (Å²) in [6, 6.07) is 9.01. The number of nitrogens with zero attached hydrogens (tertiary/aromatic N) is 3. The molecule has 3 rings (SSSR count). The zero-order valence-corrected chi connectivity index (χ0v) is 17.2. The summed E-state index contributed by atoms with van der Waals surface area (Å²) in [5.41, 5.74) is 1.65. The van der Waals surface area contributed by atoms with Crippen LogP contribution in [0.5, 0.6) is 0 Å². The Morgan fingerprint density at radius 2 is 1.93 bits per heavy atom. The Balaban J connectivity index is 0.00000280. The van der Waals surface area contributed by atoms with Crippen molar-refractivity contribution in [3.8, 4) is 0 Å². The van der Waals surface area contributed by atoms with Gasteiger partial charge in [0, 0.05) is 37.1 Å². The molecular weight excluding hydrogens is 378 g/mol. The molecule has 2 amide bonds. The lowest BCUT2D eigenvalue weighted by atomic mass is 10.1. The maximum absolute atomic E-state index is 12.5. The highest BCUT2D eigenvalue weighted by molar-refractivity contribution is 6.03. The second-order valence-corrected chi connectivity index (χ2v) is 6.69. The molecule has 1 aliphatic heterocycles. The van der Waals surface area contributed by atoms with E-state index in [0.29, 0.717) is 36.1 Å². The van der Waals surface area contributed by atoms with Crippen molar-refractivity contribution >= 4 is 29.9 Å². The van der Waals surface area contributed by atoms with E-state index >= 15 is 0 Å². The smallest absolute Gasteiger partial charge is 0.276 e. The van der Waals surface area contributed by atoms with Crippen molar-refractivity contribution in [3.05, 3.63) is 47.8 Å². The molecule has 1 fully saturated rings. The molecule has 1 aromatic carbocycles. The Morgan fingerprint density at radius 1 is 1.21 bits per heavy atom. The van der Waals surface area contributed by atoms with E-state index in [1.54, 1.807) is 35.2 Å². The highest BCUT2D eigenvalue weighted by Crippen LogP contribution is 2.17. The second kappa shape index (κ2) is 10.2. The van der Waals surface area contributed by atoms with Gasteiger partial charge in [-0.15, -0.1) is 12.4 Å². The molecule has 0 spiro atoms. The largest absolute Gasteiger partial charge is 0.339 e. The van der Waals surface area contributed by atoms with E-state index in [1.165, 1.54) is 0 Å². The van der Waals surface area contributed by atoms with Crippen molar-refractivity contribution in [2.75, 3.05) is 31.5 Å². The highest BCUT2D eigenvalue weighted by atomic mass is 35.5. The van der Waals surface area contributed by atoms with Crippen molar-refractivity contribution < 1.29 is 9.59 Å². The molecule has 1 unspecified atom stereocenters. The number of piperidine rings is 1. The molecule has 8 heteroatoms. The average molecular weight is 406 g/mol. The summed E-state index contributed by atoms with van der Waals surface area (Å²) in [7, 11) is 0. The highest BCUT2D eigenvalue weighted by Gasteiger charge is 2.18. The van der Waals surface area contributed by atoms with E-state index in [1.807, 2.05) is 24.7 Å². The van der Waals surface area contributed by atoms with Gasteiger partial charge in [-0.2, -0.15) is 5.10 Å². The Labute approximate surface area is 171 Å². The third kappa shape index (κ3) is 5.11. The Hall–Kier alpha value is -2.38. The molecule has 2 heterocycles. The normalized spacial score (nSPS) is 16.1. The topological polar surface area (TPSA) is 79.3 Å². The molecule has 2 aromatic rings. The first kappa shape index (κ1) is 21.9. The number of halogens is 1. The van der Waals surface area contributed by atoms with Gasteiger partial charge in [-0.1, -0.05) is 0 Å². The summed E-state index contributed by atoms with van der Waals surface area (Å²) in [4.78, 5) is 26.6. The van der Waals surface area contributed by atoms with Gasteiger partial charge in [0.15, 0.2) is 5.69 Å². The maximum atomic E-state index is 12.5. The van der Waals surface area contributed by atoms with Crippen LogP contribution in [-0.4, -0.2) is 52.7 Å². The van der Waals surface area contributed by atoms with Gasteiger partial charge in [0.2, 0.25) is 0 Å². The molecule has 1 aromatic heterocycles. The van der Waals surface area contributed by atoms with Crippen molar-refractivity contribution in [2.45, 2.75) is 32.7 Å². The fourth-order valence-electron chi connectivity index (χ4n) is 3.31. The fourth-order valence-corrected chi connectivity index (χ4v) is 3.31. The van der Waals surface area contributed by atoms with E-state index in [2.05, 4.69) is 15.7 Å². The summed E-state index contributed by atoms with van der Waals surface area (Å²) in [6.45, 7) is 7.18. The summed E-state index contributed by atoms with van der Waals surface area (Å²) >= 11 is 0. The Morgan fingerprint density at radius 3 is 2.54 bits per heavy atom. The van der Waals surface area contributed by atoms with Gasteiger partial charge >= 0.3 is 0 Å². The van der Waals surface area contributed by atoms with E-state index in [4.69, 9.17) is 0 Å². The molecule has 7 nitrogen and oxygen atoms in total. The van der Waals surface area contributed by atoms with Crippen molar-refractivity contribution in [1.82, 2.24) is 20.0 Å². The zero-order chi connectivity index (χ0) is 19.2. The molecule has 1 aliphatic rings. The molecule has 28 heavy (non-hydrogen) atoms. The molecule has 152 valence electrons. The van der Waals surface area contributed by atoms with Crippen LogP contribution in [0.4, 0.5) is 5.69 Å². The minimum Gasteiger partial charge on any atom is -0.339 e. The van der Waals surface area contributed by atoms with Crippen LogP contribution < -0.4 is 10.6 Å². The monoisotopic (exact) mass is 405 g/mol. The molecule has 1 saturated heterocycles. The third-order valence-electron chi connectivity index (χ3n) is 4.93. The minimum absolute atomic E-state index is 0. The summed E-state index contributed by atoms with van der Waals surface area (Å²) in [5.74, 6) is -0.252. The number of rotatable bonds is 6. The molecule has 0 aliphatic carbocycles. The molecule has 2 N–H and O–H groups in total. The average Bonchev–Trinajstić information content (AvgIpc) is 3.20. The summed E-state index contributed by atoms with van der Waals surface area (Å²) in [5, 5.41) is 10.6. The lowest BCUT2D eigenvalue weighted by Gasteiger charge is -2.22. The van der Waals surface area contributed by atoms with Crippen LogP contribution in [0.25, 0.3) is 0 Å². The maximum Gasteiger partial charge on any atom is 0.276 e. The number of aromatic nitrogens is 2. The van der Waals surface area contributed by atoms with E-state index in [-0.39, 0.29) is 24.2 Å². The third-order valence-corrected chi connectivity index (χ3v) is 4.93. The quantitative estimate of drug-likeness (QED) is 0.774. The van der Waals surface area contributed by atoms with E-state index in [0.717, 1.165) is 25.9 Å². The first-order valence-electron chi connectivity index (χ1n) is 9.59. The van der Waals surface area contributed by atoms with Crippen LogP contribution in [0.1, 0.15) is 53.6 Å². The predicted molar refractivity (Wildman–Crippen MR) is 112 cm³/mol. The zero-order valence-electron chi connectivity index (χ0n) is 16.4. The number of carbonyl (C=O) groups excluding carboxylic acids is 2. The number of hydrogen-bond acceptors (Lipinski definition) is 4. The lowest BCUT2D eigenvalue weighted by molar-refractivity contribution is 0.0773. The second-order valence-electron chi connectivity index (χ2n) is 6.69. The number of carbonyl (C=O) groups is 2. The standard InChI is InChI=1S/C20H27N5O2.ClH/c1-3-24(4-2)20(27)15-7-9-16(10-8-15)22-19(26)18-11-13-25(23-18)17-6-5-12-21-14-17;/h7-11,13,17,21H,3-6,12,14H2,1-2H3,(H,22,26);1H. The van der Waals surface area contributed by atoms with Gasteiger partial charge in [0.05, 0.1) is 6.04 Å². The van der Waals surface area contributed by atoms with Gasteiger partial charge in [0.25, 0.3) is 11.8 Å². The van der Waals surface area contributed by atoms with Gasteiger partial charge < -0.3 is 15.5 Å². The van der Waals surface area contributed by atoms with Crippen molar-refractivity contribution in [1.29, 1.82) is 0 Å². The van der Waals surface area contributed by atoms with Crippen LogP contribution in [0.15, 0.2) is 36.5 Å². The van der Waals surface area contributed by atoms with E-state index in [9.17, 15) is 9.59 Å².